The van der Waals surface area contributed by atoms with E-state index in [4.69, 9.17) is 9.98 Å². The molecule has 62 heavy (non-hydrogen) atoms. The highest BCUT2D eigenvalue weighted by Crippen LogP contribution is 2.60. The Bertz CT molecular complexity index is 3210. The third-order valence-electron chi connectivity index (χ3n) is 13.1. The molecular weight excluding hydrogens is 770 g/mol. The lowest BCUT2D eigenvalue weighted by Gasteiger charge is -2.47. The molecular formula is C58H42N3P. The van der Waals surface area contributed by atoms with Crippen molar-refractivity contribution < 1.29 is 0 Å². The maximum absolute atomic E-state index is 5.27. The third kappa shape index (κ3) is 5.69. The number of fused-ring (bicyclic) bond motifs is 7. The zero-order chi connectivity index (χ0) is 41.2. The van der Waals surface area contributed by atoms with Gasteiger partial charge in [0.1, 0.15) is 0 Å². The van der Waals surface area contributed by atoms with E-state index in [1.165, 1.54) is 77.8 Å². The second-order valence-corrected chi connectivity index (χ2v) is 17.9. The molecule has 3 nitrogen and oxygen atoms in total. The predicted molar refractivity (Wildman–Crippen MR) is 260 cm³/mol. The number of aryl methyl sites for hydroxylation is 1. The van der Waals surface area contributed by atoms with Crippen LogP contribution >= 0.6 is 8.58 Å². The molecule has 3 aliphatic rings. The topological polar surface area (TPSA) is 28.0 Å². The molecule has 294 valence electrons. The summed E-state index contributed by atoms with van der Waals surface area (Å²) in [7, 11) is 0.403. The monoisotopic (exact) mass is 811 g/mol. The molecule has 0 fully saturated rings. The first-order valence-corrected chi connectivity index (χ1v) is 22.6. The summed E-state index contributed by atoms with van der Waals surface area (Å²) in [6.45, 7) is 2.25. The smallest absolute Gasteiger partial charge is 0.156 e. The van der Waals surface area contributed by atoms with E-state index in [2.05, 4.69) is 218 Å². The van der Waals surface area contributed by atoms with Gasteiger partial charge in [-0.3, -0.25) is 4.99 Å². The summed E-state index contributed by atoms with van der Waals surface area (Å²) in [4.78, 5) is 13.0. The van der Waals surface area contributed by atoms with Gasteiger partial charge >= 0.3 is 0 Å². The van der Waals surface area contributed by atoms with E-state index in [0.717, 1.165) is 34.5 Å². The van der Waals surface area contributed by atoms with E-state index in [9.17, 15) is 0 Å². The van der Waals surface area contributed by atoms with Gasteiger partial charge in [-0.2, -0.15) is 0 Å². The Kier molecular flexibility index (Phi) is 8.73. The number of hydrogen-bond acceptors (Lipinski definition) is 3. The molecule has 1 aliphatic carbocycles. The number of anilines is 3. The van der Waals surface area contributed by atoms with Gasteiger partial charge < -0.3 is 4.90 Å². The summed E-state index contributed by atoms with van der Waals surface area (Å²) in [5, 5.41) is 2.58. The van der Waals surface area contributed by atoms with Gasteiger partial charge in [0.15, 0.2) is 5.84 Å². The molecule has 2 atom stereocenters. The van der Waals surface area contributed by atoms with Gasteiger partial charge in [-0.1, -0.05) is 182 Å². The highest BCUT2D eigenvalue weighted by molar-refractivity contribution is 7.59. The molecule has 0 amide bonds. The van der Waals surface area contributed by atoms with Crippen LogP contribution in [0.15, 0.2) is 222 Å². The number of nitrogens with zero attached hydrogens (tertiary/aromatic N) is 3. The average molecular weight is 812 g/mol. The molecule has 4 heteroatoms. The largest absolute Gasteiger partial charge is 0.310 e. The number of benzene rings is 9. The summed E-state index contributed by atoms with van der Waals surface area (Å²) in [6, 6.07) is 78.0. The van der Waals surface area contributed by atoms with Crippen LogP contribution in [0.25, 0.3) is 21.9 Å². The first kappa shape index (κ1) is 36.6. The number of hydrogen-bond donors (Lipinski definition) is 0. The van der Waals surface area contributed by atoms with Crippen molar-refractivity contribution in [3.05, 3.63) is 268 Å². The molecule has 0 saturated carbocycles. The number of amidine groups is 1. The lowest BCUT2D eigenvalue weighted by atomic mass is 9.61. The van der Waals surface area contributed by atoms with Gasteiger partial charge in [-0.25, -0.2) is 4.99 Å². The summed E-state index contributed by atoms with van der Waals surface area (Å²) in [5.41, 5.74) is 19.2. The molecule has 2 aliphatic heterocycles. The average Bonchev–Trinajstić information content (AvgIpc) is 3.74. The first-order chi connectivity index (χ1) is 30.7. The normalized spacial score (nSPS) is 16.2. The van der Waals surface area contributed by atoms with Crippen LogP contribution < -0.4 is 4.90 Å². The fraction of sp³-hybridized carbons (Fsp3) is 0.0690. The van der Waals surface area contributed by atoms with Crippen LogP contribution in [0, 0.1) is 6.92 Å². The standard InChI is InChI=1S/C58H42N3P/c1-38-35-43(57-60-55(39-19-5-2-6-20-39)59-56(62-57)40-21-7-3-8-22-40)33-34-51(38)61-52-31-17-15-29-48(52)58(44-25-9-4-10-26-44,49-30-16-18-32-53(49)61)50-37-42-24-12-14-28-46(42)54-45-27-13-11-23-41(45)36-47(50)54/h2-35,37,56,62H,36H2,1H3. The van der Waals surface area contributed by atoms with Crippen molar-refractivity contribution in [1.82, 2.24) is 0 Å². The predicted octanol–water partition coefficient (Wildman–Crippen LogP) is 14.5. The van der Waals surface area contributed by atoms with Crippen molar-refractivity contribution in [3.63, 3.8) is 0 Å². The van der Waals surface area contributed by atoms with Gasteiger partial charge in [-0.15, -0.1) is 0 Å². The maximum Gasteiger partial charge on any atom is 0.156 e. The van der Waals surface area contributed by atoms with Crippen LogP contribution in [0.3, 0.4) is 0 Å². The quantitative estimate of drug-likeness (QED) is 0.154. The second kappa shape index (κ2) is 14.8. The summed E-state index contributed by atoms with van der Waals surface area (Å²) in [6.07, 6.45) is 0.890. The van der Waals surface area contributed by atoms with Gasteiger partial charge in [0.05, 0.1) is 28.0 Å². The number of aliphatic imine (C=N–C) groups is 2. The van der Waals surface area contributed by atoms with Crippen molar-refractivity contribution in [2.24, 2.45) is 9.98 Å². The summed E-state index contributed by atoms with van der Waals surface area (Å²) >= 11 is 0. The molecule has 2 heterocycles. The van der Waals surface area contributed by atoms with Crippen LogP contribution in [0.4, 0.5) is 17.1 Å². The zero-order valence-electron chi connectivity index (χ0n) is 34.3. The lowest BCUT2D eigenvalue weighted by Crippen LogP contribution is -2.38. The lowest BCUT2D eigenvalue weighted by molar-refractivity contribution is 0.724. The Balaban J connectivity index is 1.05. The van der Waals surface area contributed by atoms with E-state index < -0.39 is 5.41 Å². The van der Waals surface area contributed by atoms with Crippen molar-refractivity contribution in [2.75, 3.05) is 4.90 Å². The molecule has 0 aromatic heterocycles. The minimum absolute atomic E-state index is 0.00944. The Morgan fingerprint density at radius 3 is 1.92 bits per heavy atom. The third-order valence-corrected chi connectivity index (χ3v) is 14.5. The van der Waals surface area contributed by atoms with Gasteiger partial charge in [-0.05, 0) is 119 Å². The van der Waals surface area contributed by atoms with Gasteiger partial charge in [0.25, 0.3) is 0 Å². The fourth-order valence-electron chi connectivity index (χ4n) is 10.4. The van der Waals surface area contributed by atoms with Crippen molar-refractivity contribution in [1.29, 1.82) is 0 Å². The fourth-order valence-corrected chi connectivity index (χ4v) is 11.7. The van der Waals surface area contributed by atoms with E-state index in [-0.39, 0.29) is 5.78 Å². The molecule has 9 aromatic carbocycles. The highest BCUT2D eigenvalue weighted by Gasteiger charge is 2.48. The molecule has 2 unspecified atom stereocenters. The van der Waals surface area contributed by atoms with Crippen LogP contribution in [-0.4, -0.2) is 11.3 Å². The number of para-hydroxylation sites is 2. The SMILES string of the molecule is Cc1cc(C2=NC(c3ccccc3)=NC(c3ccccc3)P2)ccc1N1c2ccccc2C(c2ccccc2)(c2cc3ccccc3c3c2Cc2ccccc2-3)c2ccccc21. The Hall–Kier alpha value is -7.19. The molecule has 0 spiro atoms. The van der Waals surface area contributed by atoms with Gasteiger partial charge in [0, 0.05) is 16.8 Å². The molecule has 0 radical (unpaired) electrons. The first-order valence-electron chi connectivity index (χ1n) is 21.5. The van der Waals surface area contributed by atoms with E-state index in [1.54, 1.807) is 0 Å². The Morgan fingerprint density at radius 1 is 0.548 bits per heavy atom. The molecule has 12 rings (SSSR count). The maximum atomic E-state index is 5.27. The Morgan fingerprint density at radius 2 is 1.18 bits per heavy atom. The minimum atomic E-state index is -0.605. The molecule has 9 aromatic rings. The molecule has 0 bridgehead atoms. The summed E-state index contributed by atoms with van der Waals surface area (Å²) in [5.74, 6) is 0.796. The Labute approximate surface area is 364 Å². The van der Waals surface area contributed by atoms with Gasteiger partial charge in [0.2, 0.25) is 0 Å². The minimum Gasteiger partial charge on any atom is -0.310 e. The number of rotatable bonds is 6. The van der Waals surface area contributed by atoms with E-state index >= 15 is 0 Å². The van der Waals surface area contributed by atoms with E-state index in [0.29, 0.717) is 8.58 Å². The molecule has 0 N–H and O–H groups in total. The van der Waals surface area contributed by atoms with Crippen LogP contribution in [-0.2, 0) is 11.8 Å². The molecule has 0 saturated heterocycles. The van der Waals surface area contributed by atoms with E-state index in [1.807, 2.05) is 6.07 Å². The van der Waals surface area contributed by atoms with Crippen LogP contribution in [0.5, 0.6) is 0 Å². The van der Waals surface area contributed by atoms with Crippen LogP contribution in [0.2, 0.25) is 0 Å². The van der Waals surface area contributed by atoms with Crippen molar-refractivity contribution >= 4 is 47.7 Å². The van der Waals surface area contributed by atoms with Crippen molar-refractivity contribution in [2.45, 2.75) is 24.5 Å². The van der Waals surface area contributed by atoms with Crippen molar-refractivity contribution in [3.8, 4) is 11.1 Å². The second-order valence-electron chi connectivity index (χ2n) is 16.6. The zero-order valence-corrected chi connectivity index (χ0v) is 35.3. The highest BCUT2D eigenvalue weighted by atomic mass is 31.1. The van der Waals surface area contributed by atoms with Crippen LogP contribution in [0.1, 0.15) is 61.4 Å². The summed E-state index contributed by atoms with van der Waals surface area (Å²) < 4.78 is 0.